The summed E-state index contributed by atoms with van der Waals surface area (Å²) in [5, 5.41) is 0. The van der Waals surface area contributed by atoms with Crippen LogP contribution in [0.5, 0.6) is 0 Å². The smallest absolute Gasteiger partial charge is 0.434 e. The zero-order chi connectivity index (χ0) is 37.5. The molecule has 300 valence electrons. The lowest BCUT2D eigenvalue weighted by Crippen LogP contribution is -2.40. The van der Waals surface area contributed by atoms with Crippen LogP contribution in [0.15, 0.2) is 0 Å². The molecule has 51 heavy (non-hydrogen) atoms. The van der Waals surface area contributed by atoms with Gasteiger partial charge in [-0.3, -0.25) is 0 Å². The third kappa shape index (κ3) is 30.0. The summed E-state index contributed by atoms with van der Waals surface area (Å²) in [5.41, 5.74) is 0. The Balaban J connectivity index is 2.44. The van der Waals surface area contributed by atoms with Crippen LogP contribution in [0.25, 0.3) is 0 Å². The van der Waals surface area contributed by atoms with Gasteiger partial charge < -0.3 is 28.4 Å². The Morgan fingerprint density at radius 3 is 0.824 bits per heavy atom. The highest BCUT2D eigenvalue weighted by molar-refractivity contribution is 5.61. The average molecular weight is 727 g/mol. The predicted octanol–water partition coefficient (Wildman–Crippen LogP) is 12.9. The summed E-state index contributed by atoms with van der Waals surface area (Å²) in [5.74, 6) is 2.26. The number of carbonyl (C=O) groups is 3. The number of ether oxygens (including phenoxy) is 6. The maximum Gasteiger partial charge on any atom is 0.508 e. The van der Waals surface area contributed by atoms with Gasteiger partial charge in [0.1, 0.15) is 18.3 Å². The van der Waals surface area contributed by atoms with Crippen molar-refractivity contribution in [3.63, 3.8) is 0 Å². The minimum Gasteiger partial charge on any atom is -0.434 e. The molecule has 0 aromatic carbocycles. The topological polar surface area (TPSA) is 107 Å². The molecule has 1 aliphatic rings. The molecule has 0 unspecified atom stereocenters. The van der Waals surface area contributed by atoms with Crippen molar-refractivity contribution in [1.29, 1.82) is 0 Å². The van der Waals surface area contributed by atoms with Crippen LogP contribution in [0.1, 0.15) is 196 Å². The Kier molecular flexibility index (Phi) is 28.8. The normalized spacial score (nSPS) is 17.5. The van der Waals surface area contributed by atoms with E-state index in [1.807, 2.05) is 0 Å². The van der Waals surface area contributed by atoms with Crippen molar-refractivity contribution in [3.8, 4) is 0 Å². The fourth-order valence-corrected chi connectivity index (χ4v) is 6.52. The molecule has 1 aliphatic carbocycles. The molecule has 0 atom stereocenters. The van der Waals surface area contributed by atoms with Crippen molar-refractivity contribution in [2.75, 3.05) is 19.8 Å². The zero-order valence-corrected chi connectivity index (χ0v) is 33.7. The van der Waals surface area contributed by atoms with Crippen LogP contribution >= 0.6 is 0 Å². The van der Waals surface area contributed by atoms with Gasteiger partial charge in [0.15, 0.2) is 0 Å². The van der Waals surface area contributed by atoms with Gasteiger partial charge in [-0.05, 0) is 37.0 Å². The minimum absolute atomic E-state index is 0.281. The van der Waals surface area contributed by atoms with Gasteiger partial charge in [-0.1, -0.05) is 157 Å². The largest absolute Gasteiger partial charge is 0.508 e. The third-order valence-corrected chi connectivity index (χ3v) is 9.55. The maximum absolute atomic E-state index is 12.5. The first-order chi connectivity index (χ1) is 24.5. The SMILES string of the molecule is CC(C)CCCCCCCCOC(=O)OC1CC(OC(=O)OCCCCCCCCC(C)C)CC(OC(=O)OCCCCCCCCC(C)C)C1. The Morgan fingerprint density at radius 1 is 0.373 bits per heavy atom. The van der Waals surface area contributed by atoms with Crippen LogP contribution in [0.4, 0.5) is 14.4 Å². The van der Waals surface area contributed by atoms with E-state index in [1.54, 1.807) is 0 Å². The summed E-state index contributed by atoms with van der Waals surface area (Å²) in [6.07, 6.45) is 20.4. The van der Waals surface area contributed by atoms with Gasteiger partial charge in [0.2, 0.25) is 0 Å². The molecular formula is C42H78O9. The second-order valence-corrected chi connectivity index (χ2v) is 16.1. The van der Waals surface area contributed by atoms with Crippen molar-refractivity contribution in [3.05, 3.63) is 0 Å². The molecule has 0 spiro atoms. The van der Waals surface area contributed by atoms with Gasteiger partial charge in [0.05, 0.1) is 19.8 Å². The standard InChI is InChI=1S/C42H78O9/c1-34(2)25-19-13-7-10-16-22-28-46-40(43)49-37-31-38(50-41(44)47-29-23-17-11-8-14-20-26-35(3)4)33-39(32-37)51-42(45)48-30-24-18-12-9-15-21-27-36(5)6/h34-39H,7-33H2,1-6H3. The Labute approximate surface area is 312 Å². The number of hydrogen-bond acceptors (Lipinski definition) is 9. The highest BCUT2D eigenvalue weighted by Gasteiger charge is 2.36. The van der Waals surface area contributed by atoms with Crippen molar-refractivity contribution in [2.45, 2.75) is 214 Å². The molecular weight excluding hydrogens is 648 g/mol. The summed E-state index contributed by atoms with van der Waals surface area (Å²) >= 11 is 0. The zero-order valence-electron chi connectivity index (χ0n) is 33.7. The van der Waals surface area contributed by atoms with Crippen LogP contribution in [0.2, 0.25) is 0 Å². The third-order valence-electron chi connectivity index (χ3n) is 9.55. The number of unbranched alkanes of at least 4 members (excludes halogenated alkanes) is 15. The first-order valence-electron chi connectivity index (χ1n) is 21.0. The predicted molar refractivity (Wildman–Crippen MR) is 204 cm³/mol. The van der Waals surface area contributed by atoms with Crippen molar-refractivity contribution in [1.82, 2.24) is 0 Å². The van der Waals surface area contributed by atoms with Crippen LogP contribution in [0, 0.1) is 17.8 Å². The van der Waals surface area contributed by atoms with Crippen LogP contribution < -0.4 is 0 Å². The monoisotopic (exact) mass is 727 g/mol. The highest BCUT2D eigenvalue weighted by Crippen LogP contribution is 2.28. The summed E-state index contributed by atoms with van der Waals surface area (Å²) in [4.78, 5) is 37.6. The van der Waals surface area contributed by atoms with Crippen molar-refractivity contribution in [2.24, 2.45) is 17.8 Å². The number of carbonyl (C=O) groups excluding carboxylic acids is 3. The molecule has 1 fully saturated rings. The first kappa shape index (κ1) is 46.8. The average Bonchev–Trinajstić information content (AvgIpc) is 3.05. The molecule has 1 saturated carbocycles. The van der Waals surface area contributed by atoms with Crippen molar-refractivity contribution >= 4 is 18.5 Å². The van der Waals surface area contributed by atoms with Crippen LogP contribution in [0.3, 0.4) is 0 Å². The lowest BCUT2D eigenvalue weighted by molar-refractivity contribution is -0.0776. The van der Waals surface area contributed by atoms with E-state index < -0.39 is 36.8 Å². The summed E-state index contributed by atoms with van der Waals surface area (Å²) < 4.78 is 32.8. The van der Waals surface area contributed by atoms with Gasteiger partial charge in [0.25, 0.3) is 0 Å². The van der Waals surface area contributed by atoms with E-state index in [9.17, 15) is 14.4 Å². The van der Waals surface area contributed by atoms with E-state index >= 15 is 0 Å². The fourth-order valence-electron chi connectivity index (χ4n) is 6.52. The maximum atomic E-state index is 12.5. The molecule has 9 heteroatoms. The van der Waals surface area contributed by atoms with Crippen molar-refractivity contribution < 1.29 is 42.8 Å². The molecule has 1 rings (SSSR count). The van der Waals surface area contributed by atoms with E-state index in [-0.39, 0.29) is 19.3 Å². The molecule has 0 aromatic rings. The van der Waals surface area contributed by atoms with Crippen LogP contribution in [-0.4, -0.2) is 56.6 Å². The van der Waals surface area contributed by atoms with Gasteiger partial charge in [-0.15, -0.1) is 0 Å². The molecule has 0 bridgehead atoms. The number of rotatable bonds is 30. The minimum atomic E-state index is -0.755. The highest BCUT2D eigenvalue weighted by atomic mass is 16.7. The second-order valence-electron chi connectivity index (χ2n) is 16.1. The molecule has 0 saturated heterocycles. The number of hydrogen-bond donors (Lipinski definition) is 0. The Morgan fingerprint density at radius 2 is 0.588 bits per heavy atom. The van der Waals surface area contributed by atoms with E-state index in [0.717, 1.165) is 75.5 Å². The molecule has 0 N–H and O–H groups in total. The summed E-state index contributed by atoms with van der Waals surface area (Å²) in [6, 6.07) is 0. The molecule has 0 aromatic heterocycles. The summed E-state index contributed by atoms with van der Waals surface area (Å²) in [7, 11) is 0. The fraction of sp³-hybridized carbons (Fsp3) is 0.929. The molecule has 0 heterocycles. The van der Waals surface area contributed by atoms with E-state index in [4.69, 9.17) is 28.4 Å². The Bertz CT molecular complexity index is 744. The Hall–Kier alpha value is -2.19. The lowest BCUT2D eigenvalue weighted by Gasteiger charge is -2.33. The van der Waals surface area contributed by atoms with E-state index in [2.05, 4.69) is 41.5 Å². The van der Waals surface area contributed by atoms with Gasteiger partial charge in [-0.25, -0.2) is 14.4 Å². The first-order valence-corrected chi connectivity index (χ1v) is 21.0. The molecule has 0 amide bonds. The van der Waals surface area contributed by atoms with Crippen LogP contribution in [-0.2, 0) is 28.4 Å². The second kappa shape index (κ2) is 31.3. The van der Waals surface area contributed by atoms with E-state index in [0.29, 0.717) is 19.8 Å². The summed E-state index contributed by atoms with van der Waals surface area (Å²) in [6.45, 7) is 14.4. The quantitative estimate of drug-likeness (QED) is 0.0406. The van der Waals surface area contributed by atoms with E-state index in [1.165, 1.54) is 77.0 Å². The molecule has 0 aliphatic heterocycles. The lowest BCUT2D eigenvalue weighted by atomic mass is 9.92. The molecule has 9 nitrogen and oxygen atoms in total. The van der Waals surface area contributed by atoms with Gasteiger partial charge in [0, 0.05) is 19.3 Å². The van der Waals surface area contributed by atoms with Gasteiger partial charge >= 0.3 is 18.5 Å². The van der Waals surface area contributed by atoms with Gasteiger partial charge in [-0.2, -0.15) is 0 Å². The molecule has 0 radical (unpaired) electrons.